The number of hydrogen-bond donors (Lipinski definition) is 0. The molecule has 0 radical (unpaired) electrons. The Kier molecular flexibility index (Phi) is 17.1. The maximum absolute atomic E-state index is 15.7. The molecule has 2 aromatic carbocycles. The van der Waals surface area contributed by atoms with Gasteiger partial charge in [0.15, 0.2) is 0 Å². The molecular formula is C47H76Br2O3Si2. The molecule has 2 aromatic rings. The standard InChI is InChI=1S/C47H76Br2O3Si2/c1-31(2)53(32(3)4,33(5)6)51-41-27-23-37(24-28-41)43(45(48)39-19-15-13-16-20-39)47(50)44(46(49)40-21-17-14-18-22-40)38-25-29-42(30-26-38)52-54(34(7)8,35(9)10)36(11)12/h23-36,39-40,43-46H,13-22H2,1-12H3. The van der Waals surface area contributed by atoms with Crippen LogP contribution in [-0.2, 0) is 4.79 Å². The molecule has 2 saturated carbocycles. The second kappa shape index (κ2) is 20.2. The van der Waals surface area contributed by atoms with Crippen molar-refractivity contribution in [3.8, 4) is 11.5 Å². The zero-order valence-corrected chi connectivity index (χ0v) is 41.3. The van der Waals surface area contributed by atoms with Crippen molar-refractivity contribution in [2.24, 2.45) is 11.8 Å². The van der Waals surface area contributed by atoms with E-state index in [1.807, 2.05) is 0 Å². The van der Waals surface area contributed by atoms with Gasteiger partial charge < -0.3 is 8.85 Å². The van der Waals surface area contributed by atoms with Gasteiger partial charge in [0.2, 0.25) is 0 Å². The number of rotatable bonds is 18. The lowest BCUT2D eigenvalue weighted by molar-refractivity contribution is -0.122. The number of benzene rings is 2. The molecular weight excluding hydrogens is 828 g/mol. The fraction of sp³-hybridized carbons (Fsp3) is 0.723. The number of alkyl halides is 2. The van der Waals surface area contributed by atoms with Gasteiger partial charge in [-0.15, -0.1) is 0 Å². The largest absolute Gasteiger partial charge is 0.543 e. The summed E-state index contributed by atoms with van der Waals surface area (Å²) in [5.74, 6) is 2.69. The van der Waals surface area contributed by atoms with E-state index >= 15 is 4.79 Å². The Morgan fingerprint density at radius 2 is 0.741 bits per heavy atom. The molecule has 304 valence electrons. The Balaban J connectivity index is 1.78. The van der Waals surface area contributed by atoms with E-state index in [0.717, 1.165) is 22.6 Å². The molecule has 0 bridgehead atoms. The molecule has 2 fully saturated rings. The maximum Gasteiger partial charge on any atom is 0.258 e. The molecule has 0 aromatic heterocycles. The van der Waals surface area contributed by atoms with E-state index in [9.17, 15) is 0 Å². The van der Waals surface area contributed by atoms with Gasteiger partial charge in [-0.3, -0.25) is 4.79 Å². The molecule has 4 unspecified atom stereocenters. The molecule has 0 spiro atoms. The highest BCUT2D eigenvalue weighted by Crippen LogP contribution is 2.48. The summed E-state index contributed by atoms with van der Waals surface area (Å²) in [6.07, 6.45) is 12.3. The topological polar surface area (TPSA) is 35.5 Å². The van der Waals surface area contributed by atoms with E-state index in [2.05, 4.69) is 163 Å². The van der Waals surface area contributed by atoms with Crippen LogP contribution in [0.15, 0.2) is 48.5 Å². The van der Waals surface area contributed by atoms with E-state index in [4.69, 9.17) is 8.85 Å². The predicted molar refractivity (Wildman–Crippen MR) is 245 cm³/mol. The fourth-order valence-electron chi connectivity index (χ4n) is 11.3. The lowest BCUT2D eigenvalue weighted by Crippen LogP contribution is -2.50. The minimum absolute atomic E-state index is 0.0819. The van der Waals surface area contributed by atoms with Crippen molar-refractivity contribution in [1.82, 2.24) is 0 Å². The van der Waals surface area contributed by atoms with Crippen molar-refractivity contribution in [3.63, 3.8) is 0 Å². The molecule has 2 aliphatic rings. The van der Waals surface area contributed by atoms with Gasteiger partial charge in [-0.2, -0.15) is 0 Å². The van der Waals surface area contributed by atoms with Crippen LogP contribution in [0.25, 0.3) is 0 Å². The third-order valence-electron chi connectivity index (χ3n) is 13.9. The number of Topliss-reactive ketones (excluding diaryl/α,β-unsaturated/α-hetero) is 1. The smallest absolute Gasteiger partial charge is 0.258 e. The molecule has 3 nitrogen and oxygen atoms in total. The predicted octanol–water partition coefficient (Wildman–Crippen LogP) is 15.9. The van der Waals surface area contributed by atoms with Gasteiger partial charge in [0.05, 0.1) is 11.8 Å². The number of ketones is 1. The quantitative estimate of drug-likeness (QED) is 0.110. The van der Waals surface area contributed by atoms with Crippen LogP contribution < -0.4 is 8.85 Å². The molecule has 54 heavy (non-hydrogen) atoms. The summed E-state index contributed by atoms with van der Waals surface area (Å²) in [5.41, 5.74) is 5.21. The van der Waals surface area contributed by atoms with Gasteiger partial charge in [-0.25, -0.2) is 0 Å². The summed E-state index contributed by atoms with van der Waals surface area (Å²) in [6, 6.07) is 17.6. The third kappa shape index (κ3) is 10.0. The van der Waals surface area contributed by atoms with Crippen LogP contribution in [-0.4, -0.2) is 32.1 Å². The minimum atomic E-state index is -2.11. The highest BCUT2D eigenvalue weighted by molar-refractivity contribution is 9.09. The SMILES string of the molecule is CC(C)[Si](Oc1ccc(C(C(=O)C(c2ccc(O[Si](C(C)C)(C(C)C)C(C)C)cc2)C(Br)C2CCCCC2)C(Br)C2CCCCC2)cc1)(C(C)C)C(C)C. The molecule has 0 N–H and O–H groups in total. The van der Waals surface area contributed by atoms with Crippen LogP contribution in [0.5, 0.6) is 11.5 Å². The lowest BCUT2D eigenvalue weighted by Gasteiger charge is -2.42. The zero-order valence-electron chi connectivity index (χ0n) is 36.1. The van der Waals surface area contributed by atoms with Crippen LogP contribution in [0.3, 0.4) is 0 Å². The summed E-state index contributed by atoms with van der Waals surface area (Å²) in [5, 5.41) is 0. The van der Waals surface area contributed by atoms with Gasteiger partial charge in [-0.1, -0.05) is 178 Å². The van der Waals surface area contributed by atoms with Crippen LogP contribution in [0.1, 0.15) is 170 Å². The second-order valence-corrected chi connectivity index (χ2v) is 31.9. The fourth-order valence-corrected chi connectivity index (χ4v) is 23.9. The van der Waals surface area contributed by atoms with Crippen molar-refractivity contribution >= 4 is 54.3 Å². The summed E-state index contributed by atoms with van der Waals surface area (Å²) in [7, 11) is -4.22. The van der Waals surface area contributed by atoms with Crippen LogP contribution in [0.2, 0.25) is 33.2 Å². The van der Waals surface area contributed by atoms with Gasteiger partial charge in [-0.05, 0) is 106 Å². The third-order valence-corrected chi connectivity index (χ3v) is 28.5. The van der Waals surface area contributed by atoms with E-state index < -0.39 is 16.6 Å². The monoisotopic (exact) mass is 902 g/mol. The summed E-state index contributed by atoms with van der Waals surface area (Å²) in [6.45, 7) is 28.1. The number of carbonyl (C=O) groups is 1. The average Bonchev–Trinajstić information content (AvgIpc) is 3.14. The summed E-state index contributed by atoms with van der Waals surface area (Å²) >= 11 is 8.53. The number of hydrogen-bond acceptors (Lipinski definition) is 3. The van der Waals surface area contributed by atoms with Crippen LogP contribution in [0.4, 0.5) is 0 Å². The Hall–Kier alpha value is -0.896. The van der Waals surface area contributed by atoms with Crippen molar-refractivity contribution in [3.05, 3.63) is 59.7 Å². The highest BCUT2D eigenvalue weighted by Gasteiger charge is 2.49. The first-order chi connectivity index (χ1) is 25.5. The van der Waals surface area contributed by atoms with E-state index in [0.29, 0.717) is 50.9 Å². The molecule has 4 rings (SSSR count). The Bertz CT molecular complexity index is 1270. The molecule has 2 aliphatic carbocycles. The summed E-state index contributed by atoms with van der Waals surface area (Å²) in [4.78, 5) is 15.8. The first-order valence-electron chi connectivity index (χ1n) is 21.9. The molecule has 0 aliphatic heterocycles. The second-order valence-electron chi connectivity index (χ2n) is 19.0. The van der Waals surface area contributed by atoms with Crippen molar-refractivity contribution < 1.29 is 13.6 Å². The van der Waals surface area contributed by atoms with Gasteiger partial charge in [0, 0.05) is 9.65 Å². The average molecular weight is 905 g/mol. The Morgan fingerprint density at radius 3 is 0.981 bits per heavy atom. The molecule has 0 heterocycles. The van der Waals surface area contributed by atoms with E-state index in [1.165, 1.54) is 64.2 Å². The van der Waals surface area contributed by atoms with Crippen molar-refractivity contribution in [1.29, 1.82) is 0 Å². The normalized spacial score (nSPS) is 19.2. The van der Waals surface area contributed by atoms with E-state index in [1.54, 1.807) is 0 Å². The maximum atomic E-state index is 15.7. The van der Waals surface area contributed by atoms with Gasteiger partial charge >= 0.3 is 0 Å². The van der Waals surface area contributed by atoms with E-state index in [-0.39, 0.29) is 21.5 Å². The van der Waals surface area contributed by atoms with Crippen LogP contribution in [0, 0.1) is 11.8 Å². The highest BCUT2D eigenvalue weighted by atomic mass is 79.9. The molecule has 0 amide bonds. The first kappa shape index (κ1) is 45.8. The van der Waals surface area contributed by atoms with Gasteiger partial charge in [0.1, 0.15) is 17.3 Å². The first-order valence-corrected chi connectivity index (χ1v) is 28.0. The summed E-state index contributed by atoms with van der Waals surface area (Å²) < 4.78 is 14.2. The van der Waals surface area contributed by atoms with Gasteiger partial charge in [0.25, 0.3) is 16.6 Å². The minimum Gasteiger partial charge on any atom is -0.543 e. The van der Waals surface area contributed by atoms with Crippen LogP contribution >= 0.6 is 31.9 Å². The molecule has 7 heteroatoms. The van der Waals surface area contributed by atoms with Crippen molar-refractivity contribution in [2.45, 2.75) is 202 Å². The molecule has 4 atom stereocenters. The number of halogens is 2. The Morgan fingerprint density at radius 1 is 0.481 bits per heavy atom. The molecule has 0 saturated heterocycles. The Labute approximate surface area is 350 Å². The lowest BCUT2D eigenvalue weighted by atomic mass is 9.72. The van der Waals surface area contributed by atoms with Crippen molar-refractivity contribution in [2.75, 3.05) is 0 Å². The number of carbonyl (C=O) groups excluding carboxylic acids is 1. The zero-order chi connectivity index (χ0) is 40.0.